The van der Waals surface area contributed by atoms with E-state index >= 15 is 0 Å². The molecule has 0 saturated carbocycles. The maximum Gasteiger partial charge on any atom is 0.221 e. The van der Waals surface area contributed by atoms with Crippen molar-refractivity contribution in [3.05, 3.63) is 42.4 Å². The lowest BCUT2D eigenvalue weighted by molar-refractivity contribution is 0.396. The Balaban J connectivity index is 2.44. The lowest BCUT2D eigenvalue weighted by Gasteiger charge is -2.04. The lowest BCUT2D eigenvalue weighted by atomic mass is 10.1. The molecule has 65 valence electrons. The number of hydrogen-bond donors (Lipinski definition) is 0. The van der Waals surface area contributed by atoms with Gasteiger partial charge in [-0.3, -0.25) is 5.32 Å². The van der Waals surface area contributed by atoms with Crippen molar-refractivity contribution in [1.29, 1.82) is 0 Å². The fourth-order valence-corrected chi connectivity index (χ4v) is 1.22. The quantitative estimate of drug-likeness (QED) is 0.680. The summed E-state index contributed by atoms with van der Waals surface area (Å²) >= 11 is 0. The molecular formula is C10H9N2O. The van der Waals surface area contributed by atoms with Gasteiger partial charge >= 0.3 is 0 Å². The van der Waals surface area contributed by atoms with Crippen molar-refractivity contribution in [2.75, 3.05) is 7.11 Å². The van der Waals surface area contributed by atoms with E-state index in [9.17, 15) is 0 Å². The topological polar surface area (TPSA) is 36.2 Å². The van der Waals surface area contributed by atoms with E-state index in [0.29, 0.717) is 5.88 Å². The molecule has 1 aliphatic heterocycles. The first-order valence-electron chi connectivity index (χ1n) is 3.98. The molecule has 3 nitrogen and oxygen atoms in total. The average molecular weight is 173 g/mol. The van der Waals surface area contributed by atoms with E-state index < -0.39 is 0 Å². The summed E-state index contributed by atoms with van der Waals surface area (Å²) in [5, 5.41) is 3.99. The smallest absolute Gasteiger partial charge is 0.221 e. The minimum Gasteiger partial charge on any atom is -0.481 e. The summed E-state index contributed by atoms with van der Waals surface area (Å²) in [6.45, 7) is 0. The predicted octanol–water partition coefficient (Wildman–Crippen LogP) is 1.56. The van der Waals surface area contributed by atoms with Crippen molar-refractivity contribution in [3.63, 3.8) is 0 Å². The molecule has 0 fully saturated rings. The minimum absolute atomic E-state index is 0.635. The number of nitrogens with zero attached hydrogens (tertiary/aromatic N) is 2. The van der Waals surface area contributed by atoms with Gasteiger partial charge in [0.15, 0.2) is 0 Å². The Labute approximate surface area is 76.8 Å². The summed E-state index contributed by atoms with van der Waals surface area (Å²) in [5.74, 6) is 0.635. The van der Waals surface area contributed by atoms with Crippen molar-refractivity contribution >= 4 is 5.57 Å². The van der Waals surface area contributed by atoms with Crippen molar-refractivity contribution in [2.24, 2.45) is 0 Å². The molecule has 1 aromatic heterocycles. The van der Waals surface area contributed by atoms with Gasteiger partial charge < -0.3 is 4.74 Å². The maximum absolute atomic E-state index is 5.13. The van der Waals surface area contributed by atoms with E-state index in [1.807, 2.05) is 18.2 Å². The van der Waals surface area contributed by atoms with Crippen molar-refractivity contribution in [1.82, 2.24) is 10.3 Å². The van der Waals surface area contributed by atoms with Crippen molar-refractivity contribution in [3.8, 4) is 5.88 Å². The molecule has 1 radical (unpaired) electrons. The normalized spacial score (nSPS) is 13.8. The Morgan fingerprint density at radius 3 is 3.00 bits per heavy atom. The molecule has 0 unspecified atom stereocenters. The third-order valence-corrected chi connectivity index (χ3v) is 1.83. The zero-order chi connectivity index (χ0) is 9.10. The fourth-order valence-electron chi connectivity index (χ4n) is 1.22. The van der Waals surface area contributed by atoms with Gasteiger partial charge in [-0.05, 0) is 18.2 Å². The van der Waals surface area contributed by atoms with Crippen LogP contribution < -0.4 is 10.1 Å². The second kappa shape index (κ2) is 3.31. The molecule has 0 amide bonds. The highest BCUT2D eigenvalue weighted by molar-refractivity contribution is 5.78. The van der Waals surface area contributed by atoms with E-state index in [1.165, 1.54) is 0 Å². The van der Waals surface area contributed by atoms with Gasteiger partial charge in [-0.2, -0.15) is 0 Å². The van der Waals surface area contributed by atoms with Gasteiger partial charge in [0.2, 0.25) is 5.88 Å². The number of methoxy groups -OCH3 is 1. The fraction of sp³-hybridized carbons (Fsp3) is 0.100. The Morgan fingerprint density at radius 1 is 1.38 bits per heavy atom. The van der Waals surface area contributed by atoms with Crippen molar-refractivity contribution in [2.45, 2.75) is 0 Å². The van der Waals surface area contributed by atoms with Gasteiger partial charge in [0.05, 0.1) is 7.11 Å². The van der Waals surface area contributed by atoms with E-state index in [4.69, 9.17) is 4.74 Å². The van der Waals surface area contributed by atoms with E-state index in [0.717, 1.165) is 11.1 Å². The molecule has 0 aromatic carbocycles. The summed E-state index contributed by atoms with van der Waals surface area (Å²) in [4.78, 5) is 4.10. The third-order valence-electron chi connectivity index (χ3n) is 1.83. The van der Waals surface area contributed by atoms with Crippen LogP contribution in [0, 0.1) is 0 Å². The maximum atomic E-state index is 5.13. The first-order valence-corrected chi connectivity index (χ1v) is 3.98. The second-order valence-electron chi connectivity index (χ2n) is 2.61. The van der Waals surface area contributed by atoms with Crippen molar-refractivity contribution < 1.29 is 4.74 Å². The first kappa shape index (κ1) is 7.86. The second-order valence-corrected chi connectivity index (χ2v) is 2.61. The molecule has 1 aliphatic rings. The average Bonchev–Trinajstić information content (AvgIpc) is 2.70. The van der Waals surface area contributed by atoms with Crippen LogP contribution in [0.4, 0.5) is 0 Å². The largest absolute Gasteiger partial charge is 0.481 e. The van der Waals surface area contributed by atoms with Gasteiger partial charge in [0.25, 0.3) is 0 Å². The first-order chi connectivity index (χ1) is 6.42. The molecule has 2 rings (SSSR count). The van der Waals surface area contributed by atoms with Crippen LogP contribution in [0.2, 0.25) is 0 Å². The van der Waals surface area contributed by atoms with E-state index in [-0.39, 0.29) is 0 Å². The SMILES string of the molecule is COc1ncccc1C1=C[N]C=C1. The number of aromatic nitrogens is 1. The summed E-state index contributed by atoms with van der Waals surface area (Å²) in [6.07, 6.45) is 7.18. The molecule has 3 heteroatoms. The molecule has 0 saturated heterocycles. The number of ether oxygens (including phenoxy) is 1. The number of rotatable bonds is 2. The van der Waals surface area contributed by atoms with Gasteiger partial charge in [-0.25, -0.2) is 4.98 Å². The highest BCUT2D eigenvalue weighted by Crippen LogP contribution is 2.25. The van der Waals surface area contributed by atoms with Gasteiger partial charge in [0.1, 0.15) is 0 Å². The molecule has 0 bridgehead atoms. The molecule has 13 heavy (non-hydrogen) atoms. The number of hydrogen-bond acceptors (Lipinski definition) is 2. The molecule has 0 aliphatic carbocycles. The summed E-state index contributed by atoms with van der Waals surface area (Å²) < 4.78 is 5.13. The highest BCUT2D eigenvalue weighted by atomic mass is 16.5. The Morgan fingerprint density at radius 2 is 2.31 bits per heavy atom. The third kappa shape index (κ3) is 1.40. The van der Waals surface area contributed by atoms with Crippen LogP contribution in [-0.4, -0.2) is 12.1 Å². The highest BCUT2D eigenvalue weighted by Gasteiger charge is 2.08. The molecule has 0 spiro atoms. The van der Waals surface area contributed by atoms with Crippen LogP contribution in [0.15, 0.2) is 36.8 Å². The zero-order valence-electron chi connectivity index (χ0n) is 7.27. The lowest BCUT2D eigenvalue weighted by Crippen LogP contribution is -1.92. The number of allylic oxidation sites excluding steroid dienone is 2. The molecule has 0 N–H and O–H groups in total. The summed E-state index contributed by atoms with van der Waals surface area (Å²) in [5.41, 5.74) is 2.01. The minimum atomic E-state index is 0.635. The molecule has 1 aromatic rings. The molecular weight excluding hydrogens is 164 g/mol. The molecule has 2 heterocycles. The Kier molecular flexibility index (Phi) is 2.00. The summed E-state index contributed by atoms with van der Waals surface area (Å²) in [7, 11) is 1.61. The Bertz CT molecular complexity index is 369. The van der Waals surface area contributed by atoms with E-state index in [2.05, 4.69) is 10.3 Å². The van der Waals surface area contributed by atoms with Gasteiger partial charge in [0, 0.05) is 29.7 Å². The standard InChI is InChI=1S/C10H9N2O/c1-13-10-9(3-2-5-12-10)8-4-6-11-7-8/h2-7H,1H3. The Hall–Kier alpha value is -1.77. The van der Waals surface area contributed by atoms with Crippen LogP contribution in [0.5, 0.6) is 5.88 Å². The zero-order valence-corrected chi connectivity index (χ0v) is 7.27. The van der Waals surface area contributed by atoms with Crippen LogP contribution in [0.1, 0.15) is 5.56 Å². The van der Waals surface area contributed by atoms with Crippen LogP contribution >= 0.6 is 0 Å². The monoisotopic (exact) mass is 173 g/mol. The summed E-state index contributed by atoms with van der Waals surface area (Å²) in [6, 6.07) is 3.84. The van der Waals surface area contributed by atoms with Crippen LogP contribution in [-0.2, 0) is 0 Å². The van der Waals surface area contributed by atoms with Crippen LogP contribution in [0.25, 0.3) is 5.57 Å². The molecule has 0 atom stereocenters. The number of pyridine rings is 1. The predicted molar refractivity (Wildman–Crippen MR) is 50.0 cm³/mol. The van der Waals surface area contributed by atoms with Gasteiger partial charge in [-0.1, -0.05) is 0 Å². The van der Waals surface area contributed by atoms with E-state index in [1.54, 1.807) is 25.7 Å². The van der Waals surface area contributed by atoms with Gasteiger partial charge in [-0.15, -0.1) is 0 Å². The van der Waals surface area contributed by atoms with Crippen LogP contribution in [0.3, 0.4) is 0 Å².